The zero-order valence-corrected chi connectivity index (χ0v) is 16.3. The SMILES string of the molecule is N#Cc1ccc(Cl)c(C(=O)Nc2ccc(Oc3ncc(C(F)(F)F)cc3Cl)cc2)c1. The molecule has 3 rings (SSSR count). The number of pyridine rings is 1. The number of anilines is 1. The third kappa shape index (κ3) is 5.00. The van der Waals surface area contributed by atoms with Gasteiger partial charge in [0.15, 0.2) is 0 Å². The van der Waals surface area contributed by atoms with Gasteiger partial charge in [0.05, 0.1) is 27.8 Å². The first-order valence-electron chi connectivity index (χ1n) is 8.19. The number of nitrogens with one attached hydrogen (secondary N) is 1. The summed E-state index contributed by atoms with van der Waals surface area (Å²) in [6, 6.07) is 12.9. The number of alkyl halides is 3. The number of carbonyl (C=O) groups excluding carboxylic acids is 1. The second kappa shape index (κ2) is 8.61. The molecule has 0 aliphatic heterocycles. The fraction of sp³-hybridized carbons (Fsp3) is 0.0500. The van der Waals surface area contributed by atoms with E-state index in [0.29, 0.717) is 11.9 Å². The molecule has 0 saturated heterocycles. The molecule has 2 aromatic carbocycles. The zero-order chi connectivity index (χ0) is 21.9. The summed E-state index contributed by atoms with van der Waals surface area (Å²) in [7, 11) is 0. The van der Waals surface area contributed by atoms with Crippen LogP contribution >= 0.6 is 23.2 Å². The van der Waals surface area contributed by atoms with Crippen molar-refractivity contribution in [1.82, 2.24) is 4.98 Å². The van der Waals surface area contributed by atoms with Crippen LogP contribution in [-0.2, 0) is 6.18 Å². The van der Waals surface area contributed by atoms with Crippen LogP contribution in [0.5, 0.6) is 11.6 Å². The molecule has 5 nitrogen and oxygen atoms in total. The summed E-state index contributed by atoms with van der Waals surface area (Å²) in [5.74, 6) is -0.466. The summed E-state index contributed by atoms with van der Waals surface area (Å²) in [5.41, 5.74) is -0.166. The number of benzene rings is 2. The van der Waals surface area contributed by atoms with Crippen LogP contribution < -0.4 is 10.1 Å². The van der Waals surface area contributed by atoms with E-state index in [1.54, 1.807) is 0 Å². The number of aromatic nitrogens is 1. The molecule has 3 aromatic rings. The highest BCUT2D eigenvalue weighted by atomic mass is 35.5. The molecule has 30 heavy (non-hydrogen) atoms. The Morgan fingerprint density at radius 1 is 1.07 bits per heavy atom. The van der Waals surface area contributed by atoms with E-state index in [0.717, 1.165) is 6.07 Å². The summed E-state index contributed by atoms with van der Waals surface area (Å²) in [4.78, 5) is 16.0. The highest BCUT2D eigenvalue weighted by Crippen LogP contribution is 2.34. The van der Waals surface area contributed by atoms with Crippen LogP contribution in [0.25, 0.3) is 0 Å². The molecule has 0 saturated carbocycles. The van der Waals surface area contributed by atoms with Gasteiger partial charge in [-0.25, -0.2) is 4.98 Å². The lowest BCUT2D eigenvalue weighted by molar-refractivity contribution is -0.137. The van der Waals surface area contributed by atoms with E-state index in [1.165, 1.54) is 42.5 Å². The minimum absolute atomic E-state index is 0.136. The second-order valence-electron chi connectivity index (χ2n) is 5.90. The van der Waals surface area contributed by atoms with Crippen molar-refractivity contribution in [3.8, 4) is 17.7 Å². The smallest absolute Gasteiger partial charge is 0.417 e. The minimum atomic E-state index is -4.56. The first kappa shape index (κ1) is 21.4. The normalized spacial score (nSPS) is 10.9. The molecular formula is C20H10Cl2F3N3O2. The maximum absolute atomic E-state index is 12.7. The molecule has 1 aromatic heterocycles. The zero-order valence-electron chi connectivity index (χ0n) is 14.8. The number of nitriles is 1. The van der Waals surface area contributed by atoms with Gasteiger partial charge in [-0.15, -0.1) is 0 Å². The summed E-state index contributed by atoms with van der Waals surface area (Å²) in [5, 5.41) is 11.5. The number of nitrogens with zero attached hydrogens (tertiary/aromatic N) is 2. The Morgan fingerprint density at radius 3 is 2.37 bits per heavy atom. The van der Waals surface area contributed by atoms with Gasteiger partial charge in [0, 0.05) is 11.9 Å². The molecule has 152 valence electrons. The molecule has 0 radical (unpaired) electrons. The number of amides is 1. The highest BCUT2D eigenvalue weighted by Gasteiger charge is 2.31. The number of ether oxygens (including phenoxy) is 1. The Kier molecular flexibility index (Phi) is 6.15. The maximum Gasteiger partial charge on any atom is 0.417 e. The Hall–Kier alpha value is -3.28. The van der Waals surface area contributed by atoms with Gasteiger partial charge in [-0.2, -0.15) is 18.4 Å². The molecule has 0 aliphatic carbocycles. The number of hydrogen-bond donors (Lipinski definition) is 1. The molecule has 1 N–H and O–H groups in total. The lowest BCUT2D eigenvalue weighted by atomic mass is 10.1. The van der Waals surface area contributed by atoms with Crippen LogP contribution in [0.1, 0.15) is 21.5 Å². The van der Waals surface area contributed by atoms with Crippen LogP contribution in [0.4, 0.5) is 18.9 Å². The van der Waals surface area contributed by atoms with Crippen LogP contribution in [0.2, 0.25) is 10.0 Å². The molecule has 1 amide bonds. The van der Waals surface area contributed by atoms with Crippen molar-refractivity contribution in [2.24, 2.45) is 0 Å². The van der Waals surface area contributed by atoms with E-state index in [9.17, 15) is 18.0 Å². The fourth-order valence-electron chi connectivity index (χ4n) is 2.34. The van der Waals surface area contributed by atoms with Gasteiger partial charge in [0.1, 0.15) is 10.8 Å². The van der Waals surface area contributed by atoms with Crippen molar-refractivity contribution in [1.29, 1.82) is 5.26 Å². The van der Waals surface area contributed by atoms with E-state index in [1.807, 2.05) is 6.07 Å². The molecule has 0 bridgehead atoms. The first-order chi connectivity index (χ1) is 14.2. The second-order valence-corrected chi connectivity index (χ2v) is 6.71. The molecule has 0 unspecified atom stereocenters. The maximum atomic E-state index is 12.7. The predicted molar refractivity (Wildman–Crippen MR) is 105 cm³/mol. The minimum Gasteiger partial charge on any atom is -0.438 e. The third-order valence-electron chi connectivity index (χ3n) is 3.80. The quantitative estimate of drug-likeness (QED) is 0.503. The highest BCUT2D eigenvalue weighted by molar-refractivity contribution is 6.34. The van der Waals surface area contributed by atoms with Gasteiger partial charge in [-0.3, -0.25) is 4.79 Å². The van der Waals surface area contributed by atoms with E-state index >= 15 is 0 Å². The number of rotatable bonds is 4. The number of carbonyl (C=O) groups is 1. The molecule has 10 heteroatoms. The number of halogens is 5. The Bertz CT molecular complexity index is 1140. The largest absolute Gasteiger partial charge is 0.438 e. The average molecular weight is 452 g/mol. The average Bonchev–Trinajstić information content (AvgIpc) is 2.70. The molecule has 0 fully saturated rings. The topological polar surface area (TPSA) is 75.0 Å². The Balaban J connectivity index is 1.71. The Morgan fingerprint density at radius 2 is 1.77 bits per heavy atom. The van der Waals surface area contributed by atoms with Crippen LogP contribution in [0.3, 0.4) is 0 Å². The standard InChI is InChI=1S/C20H10Cl2F3N3O2/c21-16-6-1-11(9-26)7-15(16)18(29)28-13-2-4-14(5-3-13)30-19-17(22)8-12(10-27-19)20(23,24)25/h1-8,10H,(H,28,29). The summed E-state index contributed by atoms with van der Waals surface area (Å²) >= 11 is 11.8. The van der Waals surface area contributed by atoms with Gasteiger partial charge in [-0.05, 0) is 48.5 Å². The molecule has 0 aliphatic rings. The lowest BCUT2D eigenvalue weighted by Gasteiger charge is -2.11. The molecule has 1 heterocycles. The van der Waals surface area contributed by atoms with Gasteiger partial charge in [0.25, 0.3) is 5.91 Å². The van der Waals surface area contributed by atoms with Crippen LogP contribution in [-0.4, -0.2) is 10.9 Å². The van der Waals surface area contributed by atoms with Crippen molar-refractivity contribution >= 4 is 34.8 Å². The third-order valence-corrected chi connectivity index (χ3v) is 4.40. The van der Waals surface area contributed by atoms with Gasteiger partial charge < -0.3 is 10.1 Å². The molecular weight excluding hydrogens is 442 g/mol. The van der Waals surface area contributed by atoms with Crippen molar-refractivity contribution in [2.45, 2.75) is 6.18 Å². The van der Waals surface area contributed by atoms with E-state index in [2.05, 4.69) is 10.3 Å². The van der Waals surface area contributed by atoms with Gasteiger partial charge in [-0.1, -0.05) is 23.2 Å². The molecule has 0 atom stereocenters. The van der Waals surface area contributed by atoms with E-state index < -0.39 is 17.6 Å². The van der Waals surface area contributed by atoms with Crippen molar-refractivity contribution < 1.29 is 22.7 Å². The summed E-state index contributed by atoms with van der Waals surface area (Å²) < 4.78 is 43.4. The monoisotopic (exact) mass is 451 g/mol. The first-order valence-corrected chi connectivity index (χ1v) is 8.94. The lowest BCUT2D eigenvalue weighted by Crippen LogP contribution is -2.12. The van der Waals surface area contributed by atoms with Crippen molar-refractivity contribution in [3.63, 3.8) is 0 Å². The van der Waals surface area contributed by atoms with Crippen molar-refractivity contribution in [3.05, 3.63) is 81.5 Å². The van der Waals surface area contributed by atoms with E-state index in [4.69, 9.17) is 33.2 Å². The van der Waals surface area contributed by atoms with Gasteiger partial charge >= 0.3 is 6.18 Å². The van der Waals surface area contributed by atoms with Crippen molar-refractivity contribution in [2.75, 3.05) is 5.32 Å². The summed E-state index contributed by atoms with van der Waals surface area (Å²) in [6.45, 7) is 0. The van der Waals surface area contributed by atoms with Crippen LogP contribution in [0, 0.1) is 11.3 Å². The van der Waals surface area contributed by atoms with E-state index in [-0.39, 0.29) is 32.8 Å². The Labute approximate surface area is 178 Å². The molecule has 0 spiro atoms. The van der Waals surface area contributed by atoms with Gasteiger partial charge in [0.2, 0.25) is 5.88 Å². The number of hydrogen-bond acceptors (Lipinski definition) is 4. The summed E-state index contributed by atoms with van der Waals surface area (Å²) in [6.07, 6.45) is -3.94. The van der Waals surface area contributed by atoms with Crippen LogP contribution in [0.15, 0.2) is 54.7 Å². The predicted octanol–water partition coefficient (Wildman–Crippen LogP) is 6.32. The fourth-order valence-corrected chi connectivity index (χ4v) is 2.75.